The first-order valence-corrected chi connectivity index (χ1v) is 7.19. The maximum atomic E-state index is 2.46. The van der Waals surface area contributed by atoms with E-state index in [0.717, 1.165) is 35.5 Å². The maximum absolute atomic E-state index is 2.46. The summed E-state index contributed by atoms with van der Waals surface area (Å²) >= 11 is 0. The van der Waals surface area contributed by atoms with Gasteiger partial charge in [0.25, 0.3) is 0 Å². The molecule has 2 aliphatic rings. The minimum absolute atomic E-state index is 1.03. The van der Waals surface area contributed by atoms with Crippen molar-refractivity contribution in [3.8, 4) is 0 Å². The molecule has 0 aromatic rings. The number of rotatable bonds is 5. The third kappa shape index (κ3) is 2.10. The zero-order chi connectivity index (χ0) is 11.0. The summed E-state index contributed by atoms with van der Waals surface area (Å²) in [7, 11) is 0. The van der Waals surface area contributed by atoms with Crippen molar-refractivity contribution in [3.63, 3.8) is 0 Å². The quantitative estimate of drug-likeness (QED) is 0.612. The van der Waals surface area contributed by atoms with Gasteiger partial charge in [-0.15, -0.1) is 0 Å². The average Bonchev–Trinajstić information content (AvgIpc) is 2.83. The molecule has 6 unspecified atom stereocenters. The first-order valence-electron chi connectivity index (χ1n) is 7.19. The molecule has 0 aromatic heterocycles. The largest absolute Gasteiger partial charge is 0.0651 e. The van der Waals surface area contributed by atoms with Crippen LogP contribution in [0, 0.1) is 35.5 Å². The third-order valence-electron chi connectivity index (χ3n) is 5.58. The lowest BCUT2D eigenvalue weighted by atomic mass is 9.63. The van der Waals surface area contributed by atoms with Crippen molar-refractivity contribution in [2.45, 2.75) is 59.8 Å². The molecule has 0 heteroatoms. The van der Waals surface area contributed by atoms with Gasteiger partial charge in [0, 0.05) is 0 Å². The molecule has 0 radical (unpaired) electrons. The van der Waals surface area contributed by atoms with Crippen LogP contribution in [0.2, 0.25) is 0 Å². The summed E-state index contributed by atoms with van der Waals surface area (Å²) in [6.07, 6.45) is 7.44. The van der Waals surface area contributed by atoms with Crippen molar-refractivity contribution < 1.29 is 0 Å². The van der Waals surface area contributed by atoms with Crippen molar-refractivity contribution >= 4 is 0 Å². The van der Waals surface area contributed by atoms with Crippen LogP contribution in [0.5, 0.6) is 0 Å². The Hall–Kier alpha value is 0. The minimum Gasteiger partial charge on any atom is -0.0651 e. The zero-order valence-corrected chi connectivity index (χ0v) is 11.0. The van der Waals surface area contributed by atoms with Crippen LogP contribution in [0.15, 0.2) is 0 Å². The van der Waals surface area contributed by atoms with Gasteiger partial charge in [0.15, 0.2) is 0 Å². The van der Waals surface area contributed by atoms with Crippen molar-refractivity contribution in [2.75, 3.05) is 0 Å². The van der Waals surface area contributed by atoms with Gasteiger partial charge >= 0.3 is 0 Å². The number of hydrogen-bond donors (Lipinski definition) is 0. The van der Waals surface area contributed by atoms with E-state index in [0.29, 0.717) is 0 Å². The van der Waals surface area contributed by atoms with E-state index in [4.69, 9.17) is 0 Å². The van der Waals surface area contributed by atoms with Crippen LogP contribution in [-0.4, -0.2) is 0 Å². The highest BCUT2D eigenvalue weighted by Gasteiger charge is 2.45. The van der Waals surface area contributed by atoms with Gasteiger partial charge in [-0.1, -0.05) is 40.5 Å². The molecule has 0 nitrogen and oxygen atoms in total. The molecule has 0 bridgehead atoms. The van der Waals surface area contributed by atoms with Gasteiger partial charge in [-0.3, -0.25) is 0 Å². The Bertz CT molecular complexity index is 208. The molecule has 0 saturated heterocycles. The van der Waals surface area contributed by atoms with Gasteiger partial charge in [0.1, 0.15) is 0 Å². The molecule has 0 heterocycles. The molecule has 0 spiro atoms. The standard InChI is InChI=1S/C15H28/c1-5-13-10(3)9-12(13)7-8-15-11(4)14(15)6-2/h10-15H,5-9H2,1-4H3. The van der Waals surface area contributed by atoms with Crippen molar-refractivity contribution in [3.05, 3.63) is 0 Å². The first-order chi connectivity index (χ1) is 7.19. The van der Waals surface area contributed by atoms with E-state index in [-0.39, 0.29) is 0 Å². The highest BCUT2D eigenvalue weighted by Crippen LogP contribution is 2.53. The van der Waals surface area contributed by atoms with Crippen LogP contribution in [0.1, 0.15) is 59.8 Å². The molecule has 2 fully saturated rings. The van der Waals surface area contributed by atoms with E-state index in [2.05, 4.69) is 27.7 Å². The summed E-state index contributed by atoms with van der Waals surface area (Å²) in [5.41, 5.74) is 0. The second-order valence-electron chi connectivity index (χ2n) is 6.22. The smallest absolute Gasteiger partial charge is 0.0355 e. The Morgan fingerprint density at radius 3 is 2.00 bits per heavy atom. The molecule has 2 aliphatic carbocycles. The van der Waals surface area contributed by atoms with Crippen molar-refractivity contribution in [2.24, 2.45) is 35.5 Å². The van der Waals surface area contributed by atoms with Crippen molar-refractivity contribution in [1.29, 1.82) is 0 Å². The molecule has 0 N–H and O–H groups in total. The Kier molecular flexibility index (Phi) is 3.42. The molecule has 2 rings (SSSR count). The lowest BCUT2D eigenvalue weighted by Crippen LogP contribution is -2.34. The highest BCUT2D eigenvalue weighted by atomic mass is 14.5. The fourth-order valence-corrected chi connectivity index (χ4v) is 4.36. The summed E-state index contributed by atoms with van der Waals surface area (Å²) in [5.74, 6) is 6.42. The van der Waals surface area contributed by atoms with Gasteiger partial charge in [-0.2, -0.15) is 0 Å². The van der Waals surface area contributed by atoms with Crippen molar-refractivity contribution in [1.82, 2.24) is 0 Å². The van der Waals surface area contributed by atoms with Crippen LogP contribution in [0.25, 0.3) is 0 Å². The molecule has 0 aromatic carbocycles. The summed E-state index contributed by atoms with van der Waals surface area (Å²) in [6.45, 7) is 9.64. The summed E-state index contributed by atoms with van der Waals surface area (Å²) in [5, 5.41) is 0. The summed E-state index contributed by atoms with van der Waals surface area (Å²) in [4.78, 5) is 0. The predicted molar refractivity (Wildman–Crippen MR) is 66.7 cm³/mol. The molecule has 6 atom stereocenters. The molecule has 88 valence electrons. The molecule has 0 amide bonds. The van der Waals surface area contributed by atoms with Gasteiger partial charge in [-0.25, -0.2) is 0 Å². The van der Waals surface area contributed by atoms with Gasteiger partial charge in [0.05, 0.1) is 0 Å². The Labute approximate surface area is 95.8 Å². The molecule has 15 heavy (non-hydrogen) atoms. The topological polar surface area (TPSA) is 0 Å². The fourth-order valence-electron chi connectivity index (χ4n) is 4.36. The second kappa shape index (κ2) is 4.47. The Morgan fingerprint density at radius 1 is 0.867 bits per heavy atom. The van der Waals surface area contributed by atoms with Crippen LogP contribution >= 0.6 is 0 Å². The van der Waals surface area contributed by atoms with E-state index < -0.39 is 0 Å². The van der Waals surface area contributed by atoms with Gasteiger partial charge in [0.2, 0.25) is 0 Å². The van der Waals surface area contributed by atoms with Crippen LogP contribution in [0.3, 0.4) is 0 Å². The second-order valence-corrected chi connectivity index (χ2v) is 6.22. The molecular formula is C15H28. The molecular weight excluding hydrogens is 180 g/mol. The first kappa shape index (κ1) is 11.5. The van der Waals surface area contributed by atoms with E-state index in [9.17, 15) is 0 Å². The predicted octanol–water partition coefficient (Wildman–Crippen LogP) is 4.74. The molecule has 2 saturated carbocycles. The normalized spacial score (nSPS) is 48.8. The van der Waals surface area contributed by atoms with Gasteiger partial charge in [-0.05, 0) is 54.8 Å². The molecule has 0 aliphatic heterocycles. The van der Waals surface area contributed by atoms with Gasteiger partial charge < -0.3 is 0 Å². The SMILES string of the molecule is CCC1C(C)CC1CCC1C(C)C1CC. The van der Waals surface area contributed by atoms with E-state index >= 15 is 0 Å². The highest BCUT2D eigenvalue weighted by molar-refractivity contribution is 4.94. The number of hydrogen-bond acceptors (Lipinski definition) is 0. The fraction of sp³-hybridized carbons (Fsp3) is 1.00. The lowest BCUT2D eigenvalue weighted by Gasteiger charge is -2.43. The van der Waals surface area contributed by atoms with Crippen LogP contribution in [-0.2, 0) is 0 Å². The summed E-state index contributed by atoms with van der Waals surface area (Å²) < 4.78 is 0. The summed E-state index contributed by atoms with van der Waals surface area (Å²) in [6, 6.07) is 0. The third-order valence-corrected chi connectivity index (χ3v) is 5.58. The van der Waals surface area contributed by atoms with Crippen LogP contribution < -0.4 is 0 Å². The average molecular weight is 208 g/mol. The monoisotopic (exact) mass is 208 g/mol. The maximum Gasteiger partial charge on any atom is -0.0355 e. The minimum atomic E-state index is 1.03. The Balaban J connectivity index is 1.67. The zero-order valence-electron chi connectivity index (χ0n) is 11.0. The van der Waals surface area contributed by atoms with E-state index in [1.807, 2.05) is 0 Å². The van der Waals surface area contributed by atoms with E-state index in [1.54, 1.807) is 0 Å². The Morgan fingerprint density at radius 2 is 1.53 bits per heavy atom. The van der Waals surface area contributed by atoms with E-state index in [1.165, 1.54) is 32.1 Å². The lowest BCUT2D eigenvalue weighted by molar-refractivity contribution is 0.0707. The van der Waals surface area contributed by atoms with Crippen LogP contribution in [0.4, 0.5) is 0 Å².